The van der Waals surface area contributed by atoms with Crippen molar-refractivity contribution in [2.45, 2.75) is 58.1 Å². The average molecular weight is 525 g/mol. The van der Waals surface area contributed by atoms with E-state index in [0.29, 0.717) is 17.7 Å². The minimum Gasteiger partial charge on any atom is -0.744 e. The van der Waals surface area contributed by atoms with Crippen LogP contribution in [0.2, 0.25) is 0 Å². The number of benzene rings is 1. The van der Waals surface area contributed by atoms with Gasteiger partial charge in [-0.15, -0.1) is 0 Å². The van der Waals surface area contributed by atoms with Crippen LogP contribution in [-0.2, 0) is 19.6 Å². The maximum Gasteiger partial charge on any atom is 0.287 e. The second-order valence-corrected chi connectivity index (χ2v) is 9.89. The molecule has 1 unspecified atom stereocenters. The molecule has 0 aliphatic carbocycles. The van der Waals surface area contributed by atoms with Crippen LogP contribution in [0.25, 0.3) is 0 Å². The molecule has 32 heavy (non-hydrogen) atoms. The SMILES string of the molecule is Cc1cc(Br)cc(C#CCOC2CCCCO2)[n+]1N.Cc1cc(C)c(S(=O)(=O)[O-])c(C)c1. The highest BCUT2D eigenvalue weighted by Crippen LogP contribution is 2.20. The first kappa shape index (κ1) is 26.3. The summed E-state index contributed by atoms with van der Waals surface area (Å²) in [4.78, 5) is -0.0851. The van der Waals surface area contributed by atoms with E-state index in [1.54, 1.807) is 30.7 Å². The number of nitrogen functional groups attached to an aromatic ring is 1. The predicted octanol–water partition coefficient (Wildman–Crippen LogP) is 3.17. The van der Waals surface area contributed by atoms with Crippen LogP contribution < -0.4 is 10.5 Å². The van der Waals surface area contributed by atoms with Crippen LogP contribution in [0.3, 0.4) is 0 Å². The van der Waals surface area contributed by atoms with Gasteiger partial charge in [0.1, 0.15) is 16.7 Å². The normalized spacial score (nSPS) is 15.9. The first-order chi connectivity index (χ1) is 15.0. The summed E-state index contributed by atoms with van der Waals surface area (Å²) in [5, 5.41) is 0. The number of pyridine rings is 1. The van der Waals surface area contributed by atoms with Crippen molar-refractivity contribution in [2.24, 2.45) is 0 Å². The lowest BCUT2D eigenvalue weighted by Gasteiger charge is -2.21. The third-order valence-electron chi connectivity index (χ3n) is 4.81. The van der Waals surface area contributed by atoms with Crippen molar-refractivity contribution >= 4 is 26.0 Å². The lowest BCUT2D eigenvalue weighted by atomic mass is 10.1. The Labute approximate surface area is 198 Å². The molecule has 1 atom stereocenters. The Balaban J connectivity index is 0.000000244. The molecule has 1 fully saturated rings. The molecule has 3 rings (SSSR count). The molecule has 9 heteroatoms. The number of hydrogen-bond donors (Lipinski definition) is 1. The van der Waals surface area contributed by atoms with Gasteiger partial charge in [-0.1, -0.05) is 44.2 Å². The van der Waals surface area contributed by atoms with Gasteiger partial charge in [0.2, 0.25) is 5.69 Å². The van der Waals surface area contributed by atoms with Crippen LogP contribution in [0.5, 0.6) is 0 Å². The van der Waals surface area contributed by atoms with Gasteiger partial charge in [0.05, 0.1) is 4.90 Å². The van der Waals surface area contributed by atoms with Crippen LogP contribution >= 0.6 is 15.9 Å². The molecule has 0 amide bonds. The summed E-state index contributed by atoms with van der Waals surface area (Å²) in [7, 11) is -4.33. The van der Waals surface area contributed by atoms with E-state index in [9.17, 15) is 13.0 Å². The Morgan fingerprint density at radius 1 is 1.19 bits per heavy atom. The van der Waals surface area contributed by atoms with Gasteiger partial charge < -0.3 is 14.0 Å². The van der Waals surface area contributed by atoms with Crippen LogP contribution in [-0.4, -0.2) is 32.5 Å². The van der Waals surface area contributed by atoms with Crippen molar-refractivity contribution in [2.75, 3.05) is 19.1 Å². The lowest BCUT2D eigenvalue weighted by molar-refractivity contribution is -0.648. The summed E-state index contributed by atoms with van der Waals surface area (Å²) in [5.41, 5.74) is 3.69. The summed E-state index contributed by atoms with van der Waals surface area (Å²) >= 11 is 3.43. The molecule has 2 heterocycles. The van der Waals surface area contributed by atoms with Crippen molar-refractivity contribution in [3.8, 4) is 11.8 Å². The highest BCUT2D eigenvalue weighted by molar-refractivity contribution is 9.10. The Bertz CT molecular complexity index is 1090. The molecule has 1 aromatic heterocycles. The maximum atomic E-state index is 10.8. The summed E-state index contributed by atoms with van der Waals surface area (Å²) in [6.07, 6.45) is 3.13. The fourth-order valence-electron chi connectivity index (χ4n) is 3.46. The molecule has 0 spiro atoms. The molecule has 174 valence electrons. The summed E-state index contributed by atoms with van der Waals surface area (Å²) in [6.45, 7) is 8.20. The zero-order valence-corrected chi connectivity index (χ0v) is 21.2. The largest absolute Gasteiger partial charge is 0.744 e. The van der Waals surface area contributed by atoms with Gasteiger partial charge in [-0.05, 0) is 51.2 Å². The molecule has 7 nitrogen and oxygen atoms in total. The van der Waals surface area contributed by atoms with E-state index in [-0.39, 0.29) is 11.2 Å². The van der Waals surface area contributed by atoms with Crippen LogP contribution in [0.1, 0.15) is 47.3 Å². The number of hydrogen-bond acceptors (Lipinski definition) is 6. The van der Waals surface area contributed by atoms with E-state index in [0.717, 1.165) is 47.3 Å². The predicted molar refractivity (Wildman–Crippen MR) is 124 cm³/mol. The molecule has 0 saturated carbocycles. The number of aromatic nitrogens is 1. The Morgan fingerprint density at radius 3 is 2.41 bits per heavy atom. The molecular formula is C23H29BrN2O5S. The molecule has 0 radical (unpaired) electrons. The smallest absolute Gasteiger partial charge is 0.287 e. The van der Waals surface area contributed by atoms with Gasteiger partial charge in [-0.25, -0.2) is 14.3 Å². The van der Waals surface area contributed by atoms with Gasteiger partial charge in [-0.2, -0.15) is 0 Å². The highest BCUT2D eigenvalue weighted by atomic mass is 79.9. The Kier molecular flexibility index (Phi) is 9.67. The van der Waals surface area contributed by atoms with Gasteiger partial charge in [0, 0.05) is 36.1 Å². The molecule has 1 saturated heterocycles. The van der Waals surface area contributed by atoms with Crippen molar-refractivity contribution in [1.82, 2.24) is 0 Å². The van der Waals surface area contributed by atoms with E-state index < -0.39 is 10.1 Å². The molecule has 1 aromatic carbocycles. The first-order valence-corrected chi connectivity index (χ1v) is 12.4. The topological polar surface area (TPSA) is 106 Å². The van der Waals surface area contributed by atoms with Gasteiger partial charge in [0.25, 0.3) is 5.69 Å². The molecule has 2 N–H and O–H groups in total. The minimum atomic E-state index is -4.33. The number of rotatable bonds is 3. The minimum absolute atomic E-state index is 0.0851. The fraction of sp³-hybridized carbons (Fsp3) is 0.435. The second kappa shape index (κ2) is 11.8. The first-order valence-electron chi connectivity index (χ1n) is 10.2. The van der Waals surface area contributed by atoms with Crippen molar-refractivity contribution < 1.29 is 27.1 Å². The van der Waals surface area contributed by atoms with Gasteiger partial charge in [0.15, 0.2) is 6.29 Å². The lowest BCUT2D eigenvalue weighted by Crippen LogP contribution is -2.50. The zero-order valence-electron chi connectivity index (χ0n) is 18.8. The van der Waals surface area contributed by atoms with Crippen LogP contribution in [0.15, 0.2) is 33.6 Å². The number of nitrogens with zero attached hydrogens (tertiary/aromatic N) is 1. The summed E-state index contributed by atoms with van der Waals surface area (Å²) in [6, 6.07) is 7.21. The molecule has 2 aromatic rings. The summed E-state index contributed by atoms with van der Waals surface area (Å²) in [5.74, 6) is 11.9. The maximum absolute atomic E-state index is 10.8. The van der Waals surface area contributed by atoms with E-state index >= 15 is 0 Å². The highest BCUT2D eigenvalue weighted by Gasteiger charge is 2.13. The zero-order chi connectivity index (χ0) is 23.9. The third kappa shape index (κ3) is 7.87. The monoisotopic (exact) mass is 524 g/mol. The standard InChI is InChI=1S/C14H18BrN2O2.C9H12O3S/c1-11-9-12(15)10-13(17(11)16)5-4-8-19-14-6-2-3-7-18-14;1-6-4-7(2)9(8(3)5-6)13(10,11)12/h9-10,14H,2-3,6-8,16H2,1H3;4-5H,1-3H3,(H,10,11,12)/q+1;/p-1. The third-order valence-corrected chi connectivity index (χ3v) is 6.41. The summed E-state index contributed by atoms with van der Waals surface area (Å²) < 4.78 is 46.0. The van der Waals surface area contributed by atoms with Gasteiger partial charge >= 0.3 is 0 Å². The Hall–Kier alpha value is -1.96. The number of aryl methyl sites for hydroxylation is 4. The van der Waals surface area contributed by atoms with E-state index in [2.05, 4.69) is 27.8 Å². The van der Waals surface area contributed by atoms with Gasteiger partial charge in [-0.3, -0.25) is 0 Å². The van der Waals surface area contributed by atoms with E-state index in [4.69, 9.17) is 15.3 Å². The van der Waals surface area contributed by atoms with E-state index in [1.165, 1.54) is 0 Å². The quantitative estimate of drug-likeness (QED) is 0.286. The number of halogens is 1. The number of nitrogens with two attached hydrogens (primary N) is 1. The fourth-order valence-corrected chi connectivity index (χ4v) is 4.92. The van der Waals surface area contributed by atoms with Crippen LogP contribution in [0, 0.1) is 39.5 Å². The molecule has 1 aliphatic heterocycles. The number of ether oxygens (including phenoxy) is 2. The molecular weight excluding hydrogens is 496 g/mol. The Morgan fingerprint density at radius 2 is 1.84 bits per heavy atom. The van der Waals surface area contributed by atoms with E-state index in [1.807, 2.05) is 26.0 Å². The molecule has 0 bridgehead atoms. The van der Waals surface area contributed by atoms with Crippen molar-refractivity contribution in [3.63, 3.8) is 0 Å². The average Bonchev–Trinajstić information content (AvgIpc) is 2.68. The van der Waals surface area contributed by atoms with Crippen molar-refractivity contribution in [1.29, 1.82) is 0 Å². The second-order valence-electron chi connectivity index (χ2n) is 7.66. The van der Waals surface area contributed by atoms with Crippen LogP contribution in [0.4, 0.5) is 0 Å². The molecule has 1 aliphatic rings. The van der Waals surface area contributed by atoms with Crippen molar-refractivity contribution in [3.05, 3.63) is 56.8 Å².